The van der Waals surface area contributed by atoms with Gasteiger partial charge in [0.05, 0.1) is 10.2 Å². The van der Waals surface area contributed by atoms with Crippen LogP contribution in [0.3, 0.4) is 0 Å². The van der Waals surface area contributed by atoms with Crippen molar-refractivity contribution in [3.05, 3.63) is 33.8 Å². The van der Waals surface area contributed by atoms with Gasteiger partial charge in [0.25, 0.3) is 5.91 Å². The van der Waals surface area contributed by atoms with Gasteiger partial charge in [0.15, 0.2) is 5.69 Å². The second-order valence-electron chi connectivity index (χ2n) is 6.16. The number of piperazine rings is 1. The monoisotopic (exact) mass is 394 g/mol. The molecule has 0 bridgehead atoms. The molecule has 3 rings (SSSR count). The van der Waals surface area contributed by atoms with Crippen molar-refractivity contribution in [1.82, 2.24) is 29.4 Å². The molecule has 24 heavy (non-hydrogen) atoms. The van der Waals surface area contributed by atoms with Gasteiger partial charge >= 0.3 is 0 Å². The van der Waals surface area contributed by atoms with Crippen LogP contribution in [0.25, 0.3) is 0 Å². The minimum absolute atomic E-state index is 0.00268. The van der Waals surface area contributed by atoms with E-state index in [1.807, 2.05) is 16.6 Å². The van der Waals surface area contributed by atoms with Gasteiger partial charge in [-0.1, -0.05) is 0 Å². The van der Waals surface area contributed by atoms with Gasteiger partial charge in [0, 0.05) is 64.3 Å². The average molecular weight is 395 g/mol. The molecule has 7 nitrogen and oxygen atoms in total. The first-order valence-electron chi connectivity index (χ1n) is 8.21. The van der Waals surface area contributed by atoms with Crippen LogP contribution in [0, 0.1) is 6.92 Å². The fourth-order valence-electron chi connectivity index (χ4n) is 2.98. The summed E-state index contributed by atoms with van der Waals surface area (Å²) in [5.74, 6) is -0.00268. The van der Waals surface area contributed by atoms with Crippen molar-refractivity contribution in [2.75, 3.05) is 26.2 Å². The third-order valence-corrected chi connectivity index (χ3v) is 4.99. The van der Waals surface area contributed by atoms with Gasteiger partial charge in [-0.2, -0.15) is 10.2 Å². The molecule has 0 atom stereocenters. The number of carbonyl (C=O) groups excluding carboxylic acids is 1. The predicted molar refractivity (Wildman–Crippen MR) is 94.7 cm³/mol. The van der Waals surface area contributed by atoms with E-state index < -0.39 is 0 Å². The van der Waals surface area contributed by atoms with Crippen LogP contribution in [0.1, 0.15) is 28.7 Å². The molecule has 2 aromatic rings. The number of carbonyl (C=O) groups is 1. The third-order valence-electron chi connectivity index (χ3n) is 4.41. The van der Waals surface area contributed by atoms with E-state index >= 15 is 0 Å². The molecule has 2 aromatic heterocycles. The smallest absolute Gasteiger partial charge is 0.275 e. The first-order valence-corrected chi connectivity index (χ1v) is 9.01. The van der Waals surface area contributed by atoms with Crippen LogP contribution in [-0.4, -0.2) is 61.4 Å². The highest BCUT2D eigenvalue weighted by Gasteiger charge is 2.25. The zero-order valence-electron chi connectivity index (χ0n) is 14.4. The van der Waals surface area contributed by atoms with Crippen LogP contribution in [0.2, 0.25) is 0 Å². The number of halogens is 1. The summed E-state index contributed by atoms with van der Waals surface area (Å²) in [5.41, 5.74) is 2.85. The number of rotatable bonds is 4. The highest BCUT2D eigenvalue weighted by atomic mass is 79.9. The molecule has 0 unspecified atom stereocenters. The Hall–Kier alpha value is -1.67. The van der Waals surface area contributed by atoms with E-state index in [2.05, 4.69) is 51.1 Å². The predicted octanol–water partition coefficient (Wildman–Crippen LogP) is 1.67. The molecule has 1 aliphatic heterocycles. The number of hydrogen-bond donors (Lipinski definition) is 0. The van der Waals surface area contributed by atoms with Crippen molar-refractivity contribution in [2.24, 2.45) is 7.05 Å². The van der Waals surface area contributed by atoms with Crippen molar-refractivity contribution in [3.63, 3.8) is 0 Å². The standard InChI is InChI=1S/C16H23BrN6O/c1-4-23-10-13(12(2)18-23)9-21-5-7-22(8-6-21)16(24)15-14(17)11-20(3)19-15/h10-11H,4-9H2,1-3H3. The Morgan fingerprint density at radius 1 is 1.21 bits per heavy atom. The maximum atomic E-state index is 12.6. The third kappa shape index (κ3) is 3.54. The lowest BCUT2D eigenvalue weighted by molar-refractivity contribution is 0.0621. The summed E-state index contributed by atoms with van der Waals surface area (Å²) in [7, 11) is 1.82. The minimum Gasteiger partial charge on any atom is -0.335 e. The van der Waals surface area contributed by atoms with Crippen molar-refractivity contribution >= 4 is 21.8 Å². The molecule has 8 heteroatoms. The molecule has 0 N–H and O–H groups in total. The molecule has 1 aliphatic rings. The largest absolute Gasteiger partial charge is 0.335 e. The van der Waals surface area contributed by atoms with E-state index in [9.17, 15) is 4.79 Å². The van der Waals surface area contributed by atoms with Gasteiger partial charge in [-0.15, -0.1) is 0 Å². The quantitative estimate of drug-likeness (QED) is 0.790. The highest BCUT2D eigenvalue weighted by Crippen LogP contribution is 2.18. The van der Waals surface area contributed by atoms with Crippen LogP contribution in [0.15, 0.2) is 16.9 Å². The number of amides is 1. The van der Waals surface area contributed by atoms with Crippen molar-refractivity contribution < 1.29 is 4.79 Å². The first-order chi connectivity index (χ1) is 11.5. The van der Waals surface area contributed by atoms with Crippen LogP contribution >= 0.6 is 15.9 Å². The molecule has 0 spiro atoms. The fraction of sp³-hybridized carbons (Fsp3) is 0.562. The molecule has 1 saturated heterocycles. The Morgan fingerprint density at radius 3 is 2.46 bits per heavy atom. The zero-order chi connectivity index (χ0) is 17.3. The summed E-state index contributed by atoms with van der Waals surface area (Å²) >= 11 is 3.41. The molecule has 130 valence electrons. The second-order valence-corrected chi connectivity index (χ2v) is 7.02. The Morgan fingerprint density at radius 2 is 1.92 bits per heavy atom. The summed E-state index contributed by atoms with van der Waals surface area (Å²) in [4.78, 5) is 16.8. The highest BCUT2D eigenvalue weighted by molar-refractivity contribution is 9.10. The van der Waals surface area contributed by atoms with E-state index in [-0.39, 0.29) is 5.91 Å². The van der Waals surface area contributed by atoms with Gasteiger partial charge in [0.2, 0.25) is 0 Å². The average Bonchev–Trinajstić information content (AvgIpc) is 3.09. The number of aromatic nitrogens is 4. The van der Waals surface area contributed by atoms with Gasteiger partial charge in [-0.05, 0) is 29.8 Å². The van der Waals surface area contributed by atoms with Crippen LogP contribution in [0.5, 0.6) is 0 Å². The number of aryl methyl sites for hydroxylation is 3. The topological polar surface area (TPSA) is 59.2 Å². The molecule has 0 saturated carbocycles. The van der Waals surface area contributed by atoms with E-state index in [1.54, 1.807) is 10.9 Å². The van der Waals surface area contributed by atoms with Crippen LogP contribution in [0.4, 0.5) is 0 Å². The van der Waals surface area contributed by atoms with E-state index in [0.29, 0.717) is 5.69 Å². The van der Waals surface area contributed by atoms with Gasteiger partial charge in [-0.3, -0.25) is 19.1 Å². The lowest BCUT2D eigenvalue weighted by atomic mass is 10.2. The molecule has 0 radical (unpaired) electrons. The minimum atomic E-state index is -0.00268. The summed E-state index contributed by atoms with van der Waals surface area (Å²) in [6.07, 6.45) is 3.93. The van der Waals surface area contributed by atoms with Crippen LogP contribution in [-0.2, 0) is 20.1 Å². The first kappa shape index (κ1) is 17.2. The van der Waals surface area contributed by atoms with E-state index in [4.69, 9.17) is 0 Å². The summed E-state index contributed by atoms with van der Waals surface area (Å²) in [5, 5.41) is 8.75. The van der Waals surface area contributed by atoms with E-state index in [0.717, 1.165) is 49.4 Å². The molecule has 1 amide bonds. The summed E-state index contributed by atoms with van der Waals surface area (Å²) < 4.78 is 4.38. The van der Waals surface area contributed by atoms with Gasteiger partial charge in [-0.25, -0.2) is 0 Å². The molecule has 0 aromatic carbocycles. The lowest BCUT2D eigenvalue weighted by Gasteiger charge is -2.34. The van der Waals surface area contributed by atoms with Gasteiger partial charge < -0.3 is 4.90 Å². The Kier molecular flexibility index (Phi) is 5.05. The second kappa shape index (κ2) is 7.06. The number of hydrogen-bond acceptors (Lipinski definition) is 4. The van der Waals surface area contributed by atoms with Crippen LogP contribution < -0.4 is 0 Å². The van der Waals surface area contributed by atoms with Crippen molar-refractivity contribution in [1.29, 1.82) is 0 Å². The van der Waals surface area contributed by atoms with Gasteiger partial charge in [0.1, 0.15) is 0 Å². The Labute approximate surface area is 150 Å². The molecule has 3 heterocycles. The van der Waals surface area contributed by atoms with Crippen molar-refractivity contribution in [2.45, 2.75) is 26.9 Å². The molecule has 0 aliphatic carbocycles. The lowest BCUT2D eigenvalue weighted by Crippen LogP contribution is -2.48. The normalized spacial score (nSPS) is 15.9. The molecule has 1 fully saturated rings. The maximum absolute atomic E-state index is 12.6. The number of nitrogens with zero attached hydrogens (tertiary/aromatic N) is 6. The SMILES string of the molecule is CCn1cc(CN2CCN(C(=O)c3nn(C)cc3Br)CC2)c(C)n1. The Balaban J connectivity index is 1.58. The zero-order valence-corrected chi connectivity index (χ0v) is 16.0. The fourth-order valence-corrected chi connectivity index (χ4v) is 3.53. The summed E-state index contributed by atoms with van der Waals surface area (Å²) in [6, 6.07) is 0. The summed E-state index contributed by atoms with van der Waals surface area (Å²) in [6.45, 7) is 9.12. The molecular weight excluding hydrogens is 372 g/mol. The van der Waals surface area contributed by atoms with E-state index in [1.165, 1.54) is 5.56 Å². The van der Waals surface area contributed by atoms with Crippen molar-refractivity contribution in [3.8, 4) is 0 Å². The molecular formula is C16H23BrN6O. The Bertz CT molecular complexity index is 729. The maximum Gasteiger partial charge on any atom is 0.275 e.